The van der Waals surface area contributed by atoms with E-state index in [4.69, 9.17) is 0 Å². The Labute approximate surface area is 75.0 Å². The summed E-state index contributed by atoms with van der Waals surface area (Å²) in [5.41, 5.74) is 2.74. The number of rotatable bonds is 0. The zero-order valence-electron chi connectivity index (χ0n) is 6.31. The number of halogens is 1. The van der Waals surface area contributed by atoms with Gasteiger partial charge in [0, 0.05) is 16.4 Å². The second kappa shape index (κ2) is 2.94. The van der Waals surface area contributed by atoms with Crippen molar-refractivity contribution in [2.45, 2.75) is 25.7 Å². The number of nitrogens with zero attached hydrogens (tertiary/aromatic N) is 1. The van der Waals surface area contributed by atoms with E-state index >= 15 is 0 Å². The van der Waals surface area contributed by atoms with Gasteiger partial charge in [-0.2, -0.15) is 0 Å². The lowest BCUT2D eigenvalue weighted by atomic mass is 9.96. The summed E-state index contributed by atoms with van der Waals surface area (Å²) in [5.74, 6) is 0. The van der Waals surface area contributed by atoms with Gasteiger partial charge in [-0.15, -0.1) is 0 Å². The first-order valence-corrected chi connectivity index (χ1v) is 4.79. The number of hydrogen-bond donors (Lipinski definition) is 0. The highest BCUT2D eigenvalue weighted by atomic mass is 79.9. The van der Waals surface area contributed by atoms with Gasteiger partial charge in [0.25, 0.3) is 0 Å². The molecule has 2 heteroatoms. The lowest BCUT2D eigenvalue weighted by Gasteiger charge is -2.13. The third kappa shape index (κ3) is 1.45. The van der Waals surface area contributed by atoms with Crippen molar-refractivity contribution >= 4 is 15.9 Å². The van der Waals surface area contributed by atoms with Crippen LogP contribution in [-0.2, 0) is 12.8 Å². The highest BCUT2D eigenvalue weighted by molar-refractivity contribution is 9.10. The van der Waals surface area contributed by atoms with Crippen LogP contribution in [-0.4, -0.2) is 4.98 Å². The highest BCUT2D eigenvalue weighted by Crippen LogP contribution is 2.21. The average Bonchev–Trinajstić information content (AvgIpc) is 2.04. The Bertz CT molecular complexity index is 270. The minimum absolute atomic E-state index is 1.11. The van der Waals surface area contributed by atoms with Gasteiger partial charge in [-0.05, 0) is 53.2 Å². The smallest absolute Gasteiger partial charge is 0.0436 e. The monoisotopic (exact) mass is 211 g/mol. The van der Waals surface area contributed by atoms with Crippen molar-refractivity contribution in [3.63, 3.8) is 0 Å². The van der Waals surface area contributed by atoms with Crippen LogP contribution in [0.5, 0.6) is 0 Å². The summed E-state index contributed by atoms with van der Waals surface area (Å²) < 4.78 is 1.11. The molecule has 0 N–H and O–H groups in total. The second-order valence-corrected chi connectivity index (χ2v) is 3.88. The van der Waals surface area contributed by atoms with Crippen LogP contribution in [0.3, 0.4) is 0 Å². The van der Waals surface area contributed by atoms with E-state index < -0.39 is 0 Å². The van der Waals surface area contributed by atoms with E-state index in [-0.39, 0.29) is 0 Å². The Kier molecular flexibility index (Phi) is 1.95. The Balaban J connectivity index is 2.43. The molecule has 0 fully saturated rings. The first-order chi connectivity index (χ1) is 5.36. The molecule has 58 valence electrons. The molecule has 1 aliphatic carbocycles. The molecule has 0 unspecified atom stereocenters. The maximum absolute atomic E-state index is 4.37. The molecule has 1 heterocycles. The topological polar surface area (TPSA) is 12.9 Å². The van der Waals surface area contributed by atoms with Crippen LogP contribution in [0.4, 0.5) is 0 Å². The van der Waals surface area contributed by atoms with Gasteiger partial charge in [0.15, 0.2) is 0 Å². The Morgan fingerprint density at radius 1 is 1.27 bits per heavy atom. The molecule has 1 aromatic rings. The van der Waals surface area contributed by atoms with E-state index in [2.05, 4.69) is 27.0 Å². The fourth-order valence-corrected chi connectivity index (χ4v) is 1.94. The minimum Gasteiger partial charge on any atom is -0.260 e. The standard InChI is InChI=1S/C9H10BrN/c10-8-5-7-3-1-2-4-9(7)11-6-8/h5-6H,1-4H2. The predicted molar refractivity (Wildman–Crippen MR) is 48.6 cm³/mol. The van der Waals surface area contributed by atoms with Gasteiger partial charge in [-0.1, -0.05) is 0 Å². The fraction of sp³-hybridized carbons (Fsp3) is 0.444. The van der Waals surface area contributed by atoms with Crippen molar-refractivity contribution in [3.8, 4) is 0 Å². The van der Waals surface area contributed by atoms with Crippen LogP contribution in [0.1, 0.15) is 24.1 Å². The van der Waals surface area contributed by atoms with Crippen molar-refractivity contribution in [1.82, 2.24) is 4.98 Å². The number of pyridine rings is 1. The molecule has 0 amide bonds. The molecule has 1 nitrogen and oxygen atoms in total. The third-order valence-electron chi connectivity index (χ3n) is 2.14. The molecule has 0 atom stereocenters. The quantitative estimate of drug-likeness (QED) is 0.644. The van der Waals surface area contributed by atoms with Gasteiger partial charge < -0.3 is 0 Å². The van der Waals surface area contributed by atoms with Crippen LogP contribution >= 0.6 is 15.9 Å². The first kappa shape index (κ1) is 7.29. The summed E-state index contributed by atoms with van der Waals surface area (Å²) in [6, 6.07) is 2.20. The zero-order valence-corrected chi connectivity index (χ0v) is 7.89. The molecule has 0 radical (unpaired) electrons. The molecule has 0 saturated carbocycles. The van der Waals surface area contributed by atoms with Crippen LogP contribution in [0.15, 0.2) is 16.7 Å². The van der Waals surface area contributed by atoms with Crippen molar-refractivity contribution in [1.29, 1.82) is 0 Å². The van der Waals surface area contributed by atoms with Gasteiger partial charge in [0.05, 0.1) is 0 Å². The van der Waals surface area contributed by atoms with E-state index in [0.717, 1.165) is 4.47 Å². The normalized spacial score (nSPS) is 16.1. The number of fused-ring (bicyclic) bond motifs is 1. The van der Waals surface area contributed by atoms with E-state index in [1.165, 1.54) is 36.9 Å². The largest absolute Gasteiger partial charge is 0.260 e. The lowest BCUT2D eigenvalue weighted by molar-refractivity contribution is 0.667. The van der Waals surface area contributed by atoms with Gasteiger partial charge in [-0.25, -0.2) is 0 Å². The highest BCUT2D eigenvalue weighted by Gasteiger charge is 2.09. The van der Waals surface area contributed by atoms with E-state index in [9.17, 15) is 0 Å². The van der Waals surface area contributed by atoms with Crippen LogP contribution in [0.2, 0.25) is 0 Å². The summed E-state index contributed by atoms with van der Waals surface area (Å²) in [5, 5.41) is 0. The van der Waals surface area contributed by atoms with E-state index in [0.29, 0.717) is 0 Å². The zero-order chi connectivity index (χ0) is 7.68. The van der Waals surface area contributed by atoms with E-state index in [1.54, 1.807) is 0 Å². The Morgan fingerprint density at radius 2 is 2.09 bits per heavy atom. The summed E-state index contributed by atoms with van der Waals surface area (Å²) in [6.07, 6.45) is 6.90. The molecule has 1 aromatic heterocycles. The molecule has 11 heavy (non-hydrogen) atoms. The average molecular weight is 212 g/mol. The predicted octanol–water partition coefficient (Wildman–Crippen LogP) is 2.72. The fourth-order valence-electron chi connectivity index (χ4n) is 1.56. The molecule has 0 bridgehead atoms. The van der Waals surface area contributed by atoms with Crippen molar-refractivity contribution < 1.29 is 0 Å². The van der Waals surface area contributed by atoms with Gasteiger partial charge in [0.1, 0.15) is 0 Å². The first-order valence-electron chi connectivity index (χ1n) is 3.99. The van der Waals surface area contributed by atoms with Crippen molar-refractivity contribution in [3.05, 3.63) is 28.0 Å². The second-order valence-electron chi connectivity index (χ2n) is 2.97. The van der Waals surface area contributed by atoms with Crippen LogP contribution in [0, 0.1) is 0 Å². The van der Waals surface area contributed by atoms with Gasteiger partial charge in [0.2, 0.25) is 0 Å². The molecule has 0 aliphatic heterocycles. The molecule has 1 aliphatic rings. The molecule has 0 spiro atoms. The molecular formula is C9H10BrN. The van der Waals surface area contributed by atoms with Gasteiger partial charge >= 0.3 is 0 Å². The summed E-state index contributed by atoms with van der Waals surface area (Å²) in [6.45, 7) is 0. The minimum atomic E-state index is 1.11. The van der Waals surface area contributed by atoms with Crippen LogP contribution in [0.25, 0.3) is 0 Å². The summed E-state index contributed by atoms with van der Waals surface area (Å²) in [4.78, 5) is 4.37. The Morgan fingerprint density at radius 3 is 3.00 bits per heavy atom. The summed E-state index contributed by atoms with van der Waals surface area (Å²) >= 11 is 3.43. The summed E-state index contributed by atoms with van der Waals surface area (Å²) in [7, 11) is 0. The Hall–Kier alpha value is -0.370. The number of aryl methyl sites for hydroxylation is 2. The number of aromatic nitrogens is 1. The SMILES string of the molecule is Brc1cnc2c(c1)CCCC2. The maximum Gasteiger partial charge on any atom is 0.0436 e. The molecule has 0 aromatic carbocycles. The molecule has 0 saturated heterocycles. The number of hydrogen-bond acceptors (Lipinski definition) is 1. The van der Waals surface area contributed by atoms with E-state index in [1.807, 2.05) is 6.20 Å². The van der Waals surface area contributed by atoms with Crippen molar-refractivity contribution in [2.75, 3.05) is 0 Å². The molecular weight excluding hydrogens is 202 g/mol. The van der Waals surface area contributed by atoms with Gasteiger partial charge in [-0.3, -0.25) is 4.98 Å². The van der Waals surface area contributed by atoms with Crippen LogP contribution < -0.4 is 0 Å². The molecule has 2 rings (SSSR count). The third-order valence-corrected chi connectivity index (χ3v) is 2.57. The maximum atomic E-state index is 4.37. The van der Waals surface area contributed by atoms with Crippen molar-refractivity contribution in [2.24, 2.45) is 0 Å². The lowest BCUT2D eigenvalue weighted by Crippen LogP contribution is -2.04.